The van der Waals surface area contributed by atoms with E-state index in [0.717, 1.165) is 30.9 Å². The van der Waals surface area contributed by atoms with Crippen molar-refractivity contribution in [1.29, 1.82) is 0 Å². The van der Waals surface area contributed by atoms with Crippen molar-refractivity contribution < 1.29 is 9.90 Å². The topological polar surface area (TPSA) is 49.3 Å². The molecule has 0 aromatic carbocycles. The molecule has 0 fully saturated rings. The molecule has 0 bridgehead atoms. The standard InChI is InChI=1S/C15H31NO2S/c1-2-3-4-5-6-7-8-10-15(18)16-11-14-19-13-9-12-17/h17H,2-14H2,1H3,(H,16,18). The lowest BCUT2D eigenvalue weighted by molar-refractivity contribution is -0.121. The van der Waals surface area contributed by atoms with Gasteiger partial charge in [0.25, 0.3) is 0 Å². The lowest BCUT2D eigenvalue weighted by atomic mass is 10.1. The summed E-state index contributed by atoms with van der Waals surface area (Å²) >= 11 is 1.78. The monoisotopic (exact) mass is 289 g/mol. The zero-order chi connectivity index (χ0) is 14.2. The predicted octanol–water partition coefficient (Wildman–Crippen LogP) is 3.36. The van der Waals surface area contributed by atoms with Crippen LogP contribution in [0.4, 0.5) is 0 Å². The molecule has 0 spiro atoms. The number of carbonyl (C=O) groups is 1. The number of amides is 1. The molecular formula is C15H31NO2S. The Morgan fingerprint density at radius 3 is 2.37 bits per heavy atom. The van der Waals surface area contributed by atoms with Crippen molar-refractivity contribution in [3.63, 3.8) is 0 Å². The van der Waals surface area contributed by atoms with Crippen LogP contribution in [-0.2, 0) is 4.79 Å². The van der Waals surface area contributed by atoms with Crippen LogP contribution in [0.5, 0.6) is 0 Å². The van der Waals surface area contributed by atoms with Crippen LogP contribution in [0.3, 0.4) is 0 Å². The third-order valence-corrected chi connectivity index (χ3v) is 4.09. The fourth-order valence-electron chi connectivity index (χ4n) is 1.86. The molecule has 2 N–H and O–H groups in total. The van der Waals surface area contributed by atoms with Gasteiger partial charge in [0.1, 0.15) is 0 Å². The van der Waals surface area contributed by atoms with Gasteiger partial charge in [0.15, 0.2) is 0 Å². The van der Waals surface area contributed by atoms with E-state index in [2.05, 4.69) is 12.2 Å². The molecule has 19 heavy (non-hydrogen) atoms. The Morgan fingerprint density at radius 2 is 1.68 bits per heavy atom. The van der Waals surface area contributed by atoms with E-state index in [0.29, 0.717) is 6.42 Å². The van der Waals surface area contributed by atoms with Crippen molar-refractivity contribution in [2.45, 2.75) is 64.7 Å². The second kappa shape index (κ2) is 15.8. The smallest absolute Gasteiger partial charge is 0.220 e. The molecule has 0 aromatic heterocycles. The number of unbranched alkanes of at least 4 members (excludes halogenated alkanes) is 6. The first-order valence-electron chi connectivity index (χ1n) is 7.76. The van der Waals surface area contributed by atoms with E-state index in [1.165, 1.54) is 38.5 Å². The van der Waals surface area contributed by atoms with Crippen molar-refractivity contribution in [3.8, 4) is 0 Å². The summed E-state index contributed by atoms with van der Waals surface area (Å²) < 4.78 is 0. The number of rotatable bonds is 14. The molecule has 0 unspecified atom stereocenters. The number of hydrogen-bond acceptors (Lipinski definition) is 3. The fraction of sp³-hybridized carbons (Fsp3) is 0.933. The molecule has 0 heterocycles. The highest BCUT2D eigenvalue weighted by Crippen LogP contribution is 2.08. The number of aliphatic hydroxyl groups is 1. The first kappa shape index (κ1) is 18.8. The van der Waals surface area contributed by atoms with Crippen LogP contribution in [0.1, 0.15) is 64.7 Å². The Bertz CT molecular complexity index is 201. The maximum Gasteiger partial charge on any atom is 0.220 e. The van der Waals surface area contributed by atoms with Gasteiger partial charge in [-0.2, -0.15) is 11.8 Å². The minimum absolute atomic E-state index is 0.191. The average Bonchev–Trinajstić information content (AvgIpc) is 2.41. The van der Waals surface area contributed by atoms with Gasteiger partial charge in [0.05, 0.1) is 0 Å². The number of carbonyl (C=O) groups excluding carboxylic acids is 1. The number of hydrogen-bond donors (Lipinski definition) is 2. The van der Waals surface area contributed by atoms with Gasteiger partial charge < -0.3 is 10.4 Å². The van der Waals surface area contributed by atoms with Gasteiger partial charge in [0.2, 0.25) is 5.91 Å². The van der Waals surface area contributed by atoms with Crippen LogP contribution in [0.2, 0.25) is 0 Å². The zero-order valence-electron chi connectivity index (χ0n) is 12.5. The second-order valence-corrected chi connectivity index (χ2v) is 6.14. The predicted molar refractivity (Wildman–Crippen MR) is 84.6 cm³/mol. The lowest BCUT2D eigenvalue weighted by Gasteiger charge is -2.05. The van der Waals surface area contributed by atoms with Crippen molar-refractivity contribution >= 4 is 17.7 Å². The summed E-state index contributed by atoms with van der Waals surface area (Å²) in [6, 6.07) is 0. The van der Waals surface area contributed by atoms with Crippen LogP contribution in [0.15, 0.2) is 0 Å². The van der Waals surface area contributed by atoms with Crippen LogP contribution in [0, 0.1) is 0 Å². The van der Waals surface area contributed by atoms with E-state index in [1.54, 1.807) is 11.8 Å². The molecule has 0 atom stereocenters. The quantitative estimate of drug-likeness (QED) is 0.482. The summed E-state index contributed by atoms with van der Waals surface area (Å²) in [6.45, 7) is 3.25. The molecule has 4 heteroatoms. The average molecular weight is 289 g/mol. The van der Waals surface area contributed by atoms with Gasteiger partial charge in [-0.05, 0) is 18.6 Å². The van der Waals surface area contributed by atoms with Crippen molar-refractivity contribution in [2.75, 3.05) is 24.7 Å². The largest absolute Gasteiger partial charge is 0.396 e. The summed E-state index contributed by atoms with van der Waals surface area (Å²) in [5, 5.41) is 11.6. The molecule has 0 aromatic rings. The SMILES string of the molecule is CCCCCCCCCC(=O)NCCSCCCO. The van der Waals surface area contributed by atoms with E-state index >= 15 is 0 Å². The molecule has 1 amide bonds. The maximum atomic E-state index is 11.5. The van der Waals surface area contributed by atoms with Gasteiger partial charge in [-0.25, -0.2) is 0 Å². The highest BCUT2D eigenvalue weighted by atomic mass is 32.2. The molecule has 0 aliphatic heterocycles. The Kier molecular flexibility index (Phi) is 15.7. The number of thioether (sulfide) groups is 1. The van der Waals surface area contributed by atoms with Gasteiger partial charge >= 0.3 is 0 Å². The van der Waals surface area contributed by atoms with E-state index in [-0.39, 0.29) is 12.5 Å². The molecular weight excluding hydrogens is 258 g/mol. The zero-order valence-corrected chi connectivity index (χ0v) is 13.3. The third-order valence-electron chi connectivity index (χ3n) is 3.02. The molecule has 0 rings (SSSR count). The molecule has 0 aliphatic carbocycles. The first-order chi connectivity index (χ1) is 9.31. The third kappa shape index (κ3) is 15.7. The molecule has 114 valence electrons. The summed E-state index contributed by atoms with van der Waals surface area (Å²) in [4.78, 5) is 11.5. The molecule has 0 saturated heterocycles. The van der Waals surface area contributed by atoms with E-state index in [1.807, 2.05) is 0 Å². The van der Waals surface area contributed by atoms with Crippen LogP contribution < -0.4 is 5.32 Å². The van der Waals surface area contributed by atoms with E-state index in [4.69, 9.17) is 5.11 Å². The summed E-state index contributed by atoms with van der Waals surface area (Å²) in [5.41, 5.74) is 0. The summed E-state index contributed by atoms with van der Waals surface area (Å²) in [7, 11) is 0. The fourth-order valence-corrected chi connectivity index (χ4v) is 2.65. The molecule has 0 saturated carbocycles. The molecule has 0 aliphatic rings. The minimum Gasteiger partial charge on any atom is -0.396 e. The van der Waals surface area contributed by atoms with Gasteiger partial charge in [-0.3, -0.25) is 4.79 Å². The van der Waals surface area contributed by atoms with E-state index < -0.39 is 0 Å². The second-order valence-electron chi connectivity index (χ2n) is 4.91. The summed E-state index contributed by atoms with van der Waals surface area (Å²) in [5.74, 6) is 2.11. The van der Waals surface area contributed by atoms with Gasteiger partial charge in [0, 0.05) is 25.3 Å². The maximum absolute atomic E-state index is 11.5. The first-order valence-corrected chi connectivity index (χ1v) is 8.92. The minimum atomic E-state index is 0.191. The van der Waals surface area contributed by atoms with Crippen molar-refractivity contribution in [3.05, 3.63) is 0 Å². The summed E-state index contributed by atoms with van der Waals surface area (Å²) in [6.07, 6.45) is 10.3. The van der Waals surface area contributed by atoms with Gasteiger partial charge in [-0.15, -0.1) is 0 Å². The van der Waals surface area contributed by atoms with E-state index in [9.17, 15) is 4.79 Å². The van der Waals surface area contributed by atoms with Crippen LogP contribution >= 0.6 is 11.8 Å². The Balaban J connectivity index is 3.13. The lowest BCUT2D eigenvalue weighted by Crippen LogP contribution is -2.25. The van der Waals surface area contributed by atoms with Crippen LogP contribution in [0.25, 0.3) is 0 Å². The number of nitrogens with one attached hydrogen (secondary N) is 1. The van der Waals surface area contributed by atoms with Gasteiger partial charge in [-0.1, -0.05) is 45.4 Å². The van der Waals surface area contributed by atoms with Crippen LogP contribution in [-0.4, -0.2) is 35.7 Å². The Hall–Kier alpha value is -0.220. The number of aliphatic hydroxyl groups excluding tert-OH is 1. The highest BCUT2D eigenvalue weighted by Gasteiger charge is 2.00. The van der Waals surface area contributed by atoms with Crippen molar-refractivity contribution in [2.24, 2.45) is 0 Å². The van der Waals surface area contributed by atoms with Crippen molar-refractivity contribution in [1.82, 2.24) is 5.32 Å². The molecule has 3 nitrogen and oxygen atoms in total. The highest BCUT2D eigenvalue weighted by molar-refractivity contribution is 7.99. The normalized spacial score (nSPS) is 10.6. The Morgan fingerprint density at radius 1 is 1.00 bits per heavy atom. The Labute approximate surface area is 122 Å². The molecule has 0 radical (unpaired) electrons.